The first kappa shape index (κ1) is 17.7. The lowest BCUT2D eigenvalue weighted by atomic mass is 10.1. The first-order valence-corrected chi connectivity index (χ1v) is 9.40. The van der Waals surface area contributed by atoms with Crippen LogP contribution < -0.4 is 10.1 Å². The number of anilines is 1. The number of carbonyl (C=O) groups excluding carboxylic acids is 1. The summed E-state index contributed by atoms with van der Waals surface area (Å²) in [5, 5.41) is 11.5. The number of carbonyl (C=O) groups is 1. The highest BCUT2D eigenvalue weighted by Gasteiger charge is 2.09. The number of aryl methyl sites for hydroxylation is 1. The van der Waals surface area contributed by atoms with E-state index in [1.54, 1.807) is 18.9 Å². The number of benzene rings is 1. The molecule has 0 aliphatic rings. The number of ether oxygens (including phenoxy) is 1. The van der Waals surface area contributed by atoms with Crippen LogP contribution in [0.3, 0.4) is 0 Å². The van der Waals surface area contributed by atoms with E-state index in [9.17, 15) is 4.79 Å². The van der Waals surface area contributed by atoms with Crippen molar-refractivity contribution in [3.63, 3.8) is 0 Å². The maximum absolute atomic E-state index is 12.0. The molecule has 0 fully saturated rings. The van der Waals surface area contributed by atoms with E-state index in [0.29, 0.717) is 18.0 Å². The number of methoxy groups -OCH3 is 1. The Labute approximate surface area is 144 Å². The van der Waals surface area contributed by atoms with Gasteiger partial charge in [0.1, 0.15) is 5.75 Å². The second-order valence-corrected chi connectivity index (χ2v) is 7.29. The summed E-state index contributed by atoms with van der Waals surface area (Å²) in [5.74, 6) is 1.82. The Hall–Kier alpha value is -1.60. The zero-order valence-corrected chi connectivity index (χ0v) is 15.0. The van der Waals surface area contributed by atoms with E-state index in [4.69, 9.17) is 4.74 Å². The van der Waals surface area contributed by atoms with Gasteiger partial charge in [-0.3, -0.25) is 4.79 Å². The number of hydrogen-bond acceptors (Lipinski definition) is 6. The molecule has 0 aliphatic carbocycles. The summed E-state index contributed by atoms with van der Waals surface area (Å²) in [5.41, 5.74) is 1.11. The Morgan fingerprint density at radius 2 is 2.09 bits per heavy atom. The number of hydrogen-bond donors (Lipinski definition) is 1. The Bertz CT molecular complexity index is 614. The van der Waals surface area contributed by atoms with Gasteiger partial charge in [-0.2, -0.15) is 0 Å². The molecule has 1 heterocycles. The number of nitrogens with zero attached hydrogens (tertiary/aromatic N) is 2. The molecule has 0 aliphatic heterocycles. The van der Waals surface area contributed by atoms with Gasteiger partial charge in [0.05, 0.1) is 7.11 Å². The second-order valence-electron chi connectivity index (χ2n) is 4.97. The zero-order chi connectivity index (χ0) is 16.5. The van der Waals surface area contributed by atoms with Gasteiger partial charge in [0.15, 0.2) is 4.34 Å². The number of nitrogens with one attached hydrogen (secondary N) is 1. The van der Waals surface area contributed by atoms with Crippen LogP contribution in [0.2, 0.25) is 0 Å². The molecule has 1 amide bonds. The third kappa shape index (κ3) is 6.19. The van der Waals surface area contributed by atoms with Crippen LogP contribution in [0.1, 0.15) is 31.7 Å². The van der Waals surface area contributed by atoms with Crippen molar-refractivity contribution in [2.45, 2.75) is 36.9 Å². The molecular formula is C16H21N3O2S2. The molecule has 0 unspecified atom stereocenters. The fourth-order valence-electron chi connectivity index (χ4n) is 1.85. The summed E-state index contributed by atoms with van der Waals surface area (Å²) in [6.07, 6.45) is 3.44. The highest BCUT2D eigenvalue weighted by atomic mass is 32.2. The molecule has 7 heteroatoms. The van der Waals surface area contributed by atoms with E-state index in [2.05, 4.69) is 22.4 Å². The molecule has 124 valence electrons. The molecule has 2 rings (SSSR count). The molecule has 2 aromatic rings. The third-order valence-electron chi connectivity index (χ3n) is 3.18. The summed E-state index contributed by atoms with van der Waals surface area (Å²) >= 11 is 3.12. The van der Waals surface area contributed by atoms with Gasteiger partial charge in [0, 0.05) is 12.2 Å². The van der Waals surface area contributed by atoms with Crippen LogP contribution in [0.25, 0.3) is 0 Å². The molecule has 1 aromatic heterocycles. The normalized spacial score (nSPS) is 10.5. The van der Waals surface area contributed by atoms with Crippen molar-refractivity contribution in [1.82, 2.24) is 10.2 Å². The standard InChI is InChI=1S/C16H21N3O2S2/c1-3-4-11-22-16-19-18-15(23-16)17-14(20)10-7-12-5-8-13(21-2)9-6-12/h5-6,8-9H,3-4,7,10-11H2,1-2H3,(H,17,18,20). The fraction of sp³-hybridized carbons (Fsp3) is 0.438. The second kappa shape index (κ2) is 9.52. The van der Waals surface area contributed by atoms with Gasteiger partial charge in [-0.15, -0.1) is 10.2 Å². The predicted molar refractivity (Wildman–Crippen MR) is 95.5 cm³/mol. The van der Waals surface area contributed by atoms with Gasteiger partial charge >= 0.3 is 0 Å². The molecule has 23 heavy (non-hydrogen) atoms. The lowest BCUT2D eigenvalue weighted by Gasteiger charge is -2.03. The molecule has 0 atom stereocenters. The van der Waals surface area contributed by atoms with E-state index in [1.807, 2.05) is 24.3 Å². The van der Waals surface area contributed by atoms with E-state index in [1.165, 1.54) is 17.8 Å². The Kier molecular flexibility index (Phi) is 7.35. The average Bonchev–Trinajstić information content (AvgIpc) is 3.01. The number of aromatic nitrogens is 2. The monoisotopic (exact) mass is 351 g/mol. The Morgan fingerprint density at radius 1 is 1.30 bits per heavy atom. The SMILES string of the molecule is CCCCSc1nnc(NC(=O)CCc2ccc(OC)cc2)s1. The quantitative estimate of drug-likeness (QED) is 0.420. The van der Waals surface area contributed by atoms with Crippen LogP contribution in [-0.2, 0) is 11.2 Å². The van der Waals surface area contributed by atoms with Gasteiger partial charge < -0.3 is 10.1 Å². The number of rotatable bonds is 9. The van der Waals surface area contributed by atoms with Crippen molar-refractivity contribution in [2.24, 2.45) is 0 Å². The minimum absolute atomic E-state index is 0.0397. The first-order chi connectivity index (χ1) is 11.2. The minimum atomic E-state index is -0.0397. The highest BCUT2D eigenvalue weighted by Crippen LogP contribution is 2.26. The van der Waals surface area contributed by atoms with Gasteiger partial charge in [-0.1, -0.05) is 48.6 Å². The van der Waals surface area contributed by atoms with Crippen molar-refractivity contribution in [1.29, 1.82) is 0 Å². The topological polar surface area (TPSA) is 64.1 Å². The molecule has 0 spiro atoms. The number of amides is 1. The van der Waals surface area contributed by atoms with E-state index < -0.39 is 0 Å². The molecule has 0 bridgehead atoms. The molecule has 1 aromatic carbocycles. The molecule has 1 N–H and O–H groups in total. The van der Waals surface area contributed by atoms with Gasteiger partial charge in [-0.05, 0) is 30.5 Å². The minimum Gasteiger partial charge on any atom is -0.497 e. The summed E-state index contributed by atoms with van der Waals surface area (Å²) < 4.78 is 6.02. The van der Waals surface area contributed by atoms with Crippen molar-refractivity contribution in [3.8, 4) is 5.75 Å². The lowest BCUT2D eigenvalue weighted by molar-refractivity contribution is -0.116. The maximum Gasteiger partial charge on any atom is 0.226 e. The number of unbranched alkanes of at least 4 members (excludes halogenated alkanes) is 1. The van der Waals surface area contributed by atoms with Crippen LogP contribution >= 0.6 is 23.1 Å². The van der Waals surface area contributed by atoms with Crippen LogP contribution in [0.15, 0.2) is 28.6 Å². The van der Waals surface area contributed by atoms with E-state index in [-0.39, 0.29) is 5.91 Å². The smallest absolute Gasteiger partial charge is 0.226 e. The maximum atomic E-state index is 12.0. The molecular weight excluding hydrogens is 330 g/mol. The molecule has 0 radical (unpaired) electrons. The summed E-state index contributed by atoms with van der Waals surface area (Å²) in [6.45, 7) is 2.16. The van der Waals surface area contributed by atoms with E-state index in [0.717, 1.165) is 27.8 Å². The van der Waals surface area contributed by atoms with Crippen molar-refractivity contribution < 1.29 is 9.53 Å². The summed E-state index contributed by atoms with van der Waals surface area (Å²) in [6, 6.07) is 7.74. The van der Waals surface area contributed by atoms with E-state index >= 15 is 0 Å². The summed E-state index contributed by atoms with van der Waals surface area (Å²) in [7, 11) is 1.64. The largest absolute Gasteiger partial charge is 0.497 e. The molecule has 5 nitrogen and oxygen atoms in total. The van der Waals surface area contributed by atoms with Crippen molar-refractivity contribution in [3.05, 3.63) is 29.8 Å². The van der Waals surface area contributed by atoms with Crippen molar-refractivity contribution >= 4 is 34.1 Å². The molecule has 0 saturated heterocycles. The first-order valence-electron chi connectivity index (χ1n) is 7.60. The van der Waals surface area contributed by atoms with Gasteiger partial charge in [0.25, 0.3) is 0 Å². The Morgan fingerprint density at radius 3 is 2.78 bits per heavy atom. The van der Waals surface area contributed by atoms with Crippen LogP contribution in [-0.4, -0.2) is 29.0 Å². The fourth-order valence-corrected chi connectivity index (χ4v) is 3.78. The van der Waals surface area contributed by atoms with Crippen LogP contribution in [0.5, 0.6) is 5.75 Å². The van der Waals surface area contributed by atoms with Gasteiger partial charge in [-0.25, -0.2) is 0 Å². The molecule has 0 saturated carbocycles. The average molecular weight is 351 g/mol. The zero-order valence-electron chi connectivity index (χ0n) is 13.4. The van der Waals surface area contributed by atoms with Crippen LogP contribution in [0.4, 0.5) is 5.13 Å². The lowest BCUT2D eigenvalue weighted by Crippen LogP contribution is -2.12. The summed E-state index contributed by atoms with van der Waals surface area (Å²) in [4.78, 5) is 12.0. The van der Waals surface area contributed by atoms with Crippen LogP contribution in [0, 0.1) is 0 Å². The number of thioether (sulfide) groups is 1. The third-order valence-corrected chi connectivity index (χ3v) is 5.23. The van der Waals surface area contributed by atoms with Crippen molar-refractivity contribution in [2.75, 3.05) is 18.2 Å². The Balaban J connectivity index is 1.75. The highest BCUT2D eigenvalue weighted by molar-refractivity contribution is 8.01. The van der Waals surface area contributed by atoms with Gasteiger partial charge in [0.2, 0.25) is 11.0 Å². The predicted octanol–water partition coefficient (Wildman–Crippen LogP) is 4.01.